The molecule has 1 saturated heterocycles. The van der Waals surface area contributed by atoms with Crippen LogP contribution in [0.5, 0.6) is 0 Å². The number of hydrogen-bond acceptors (Lipinski definition) is 6. The fraction of sp³-hybridized carbons (Fsp3) is 0.619. The SMILES string of the molecule is CC(C)c1cc(NC(=O)NS(=O)(=O)N(c2cnn(C)c2)[C@@H]2C[C@@H](F)CN(C)C2)c(C(C)C)s1. The number of carbonyl (C=O) groups is 1. The van der Waals surface area contributed by atoms with Crippen LogP contribution < -0.4 is 14.3 Å². The summed E-state index contributed by atoms with van der Waals surface area (Å²) in [5, 5.41) is 6.76. The first-order valence-corrected chi connectivity index (χ1v) is 13.2. The second-order valence-corrected chi connectivity index (χ2v) is 11.8. The molecule has 184 valence electrons. The highest BCUT2D eigenvalue weighted by molar-refractivity contribution is 7.91. The smallest absolute Gasteiger partial charge is 0.306 e. The van der Waals surface area contributed by atoms with E-state index < -0.39 is 28.5 Å². The van der Waals surface area contributed by atoms with E-state index in [1.165, 1.54) is 17.1 Å². The number of nitrogens with zero attached hydrogens (tertiary/aromatic N) is 4. The lowest BCUT2D eigenvalue weighted by Gasteiger charge is -2.38. The maximum Gasteiger partial charge on any atom is 0.334 e. The van der Waals surface area contributed by atoms with Crippen LogP contribution in [0.15, 0.2) is 18.5 Å². The molecule has 0 saturated carbocycles. The number of nitrogens with one attached hydrogen (secondary N) is 2. The van der Waals surface area contributed by atoms with E-state index in [0.717, 1.165) is 14.1 Å². The molecule has 2 aromatic rings. The van der Waals surface area contributed by atoms with Gasteiger partial charge in [0.05, 0.1) is 23.6 Å². The highest BCUT2D eigenvalue weighted by Crippen LogP contribution is 2.37. The Morgan fingerprint density at radius 3 is 2.48 bits per heavy atom. The van der Waals surface area contributed by atoms with Gasteiger partial charge < -0.3 is 10.2 Å². The van der Waals surface area contributed by atoms with Crippen molar-refractivity contribution in [2.45, 2.75) is 58.2 Å². The van der Waals surface area contributed by atoms with Gasteiger partial charge in [-0.15, -0.1) is 11.3 Å². The third kappa shape index (κ3) is 6.04. The third-order valence-corrected chi connectivity index (χ3v) is 8.65. The van der Waals surface area contributed by atoms with Crippen molar-refractivity contribution in [3.63, 3.8) is 0 Å². The molecule has 33 heavy (non-hydrogen) atoms. The molecule has 1 aliphatic heterocycles. The van der Waals surface area contributed by atoms with Gasteiger partial charge >= 0.3 is 16.2 Å². The van der Waals surface area contributed by atoms with E-state index in [1.807, 2.05) is 19.9 Å². The zero-order valence-electron chi connectivity index (χ0n) is 19.9. The lowest BCUT2D eigenvalue weighted by atomic mass is 10.0. The molecule has 0 aliphatic carbocycles. The highest BCUT2D eigenvalue weighted by atomic mass is 32.2. The Labute approximate surface area is 199 Å². The molecule has 0 bridgehead atoms. The topological polar surface area (TPSA) is 99.6 Å². The standard InChI is InChI=1S/C21H33FN6O3S2/c1-13(2)19-8-18(20(32-19)14(3)4)24-21(29)25-33(30,31)28(17-9-23-27(6)12-17)16-7-15(22)10-26(5)11-16/h8-9,12-16H,7,10-11H2,1-6H3,(H2,24,25,29)/t15-,16-/m1/s1. The average Bonchev–Trinajstić information content (AvgIpc) is 3.27. The second-order valence-electron chi connectivity index (χ2n) is 9.17. The number of halogens is 1. The Kier molecular flexibility index (Phi) is 7.69. The Morgan fingerprint density at radius 1 is 1.24 bits per heavy atom. The van der Waals surface area contributed by atoms with E-state index in [-0.39, 0.29) is 30.5 Å². The summed E-state index contributed by atoms with van der Waals surface area (Å²) in [5.41, 5.74) is 0.867. The van der Waals surface area contributed by atoms with Crippen molar-refractivity contribution in [3.05, 3.63) is 28.2 Å². The zero-order valence-corrected chi connectivity index (χ0v) is 21.5. The summed E-state index contributed by atoms with van der Waals surface area (Å²) in [6.45, 7) is 8.74. The Hall–Kier alpha value is -2.18. The number of amides is 2. The van der Waals surface area contributed by atoms with E-state index in [9.17, 15) is 17.6 Å². The van der Waals surface area contributed by atoms with Crippen LogP contribution in [0, 0.1) is 0 Å². The predicted octanol–water partition coefficient (Wildman–Crippen LogP) is 3.64. The maximum atomic E-state index is 14.3. The van der Waals surface area contributed by atoms with Crippen molar-refractivity contribution in [2.75, 3.05) is 29.8 Å². The summed E-state index contributed by atoms with van der Waals surface area (Å²) >= 11 is 1.60. The van der Waals surface area contributed by atoms with Crippen molar-refractivity contribution in [1.82, 2.24) is 19.4 Å². The van der Waals surface area contributed by atoms with Gasteiger partial charge in [-0.2, -0.15) is 13.5 Å². The number of urea groups is 1. The molecule has 2 N–H and O–H groups in total. The number of thiophene rings is 1. The second kappa shape index (κ2) is 9.98. The number of piperidine rings is 1. The Morgan fingerprint density at radius 2 is 1.94 bits per heavy atom. The molecule has 0 radical (unpaired) electrons. The minimum atomic E-state index is -4.34. The molecule has 2 aromatic heterocycles. The fourth-order valence-corrected chi connectivity index (χ4v) is 6.43. The summed E-state index contributed by atoms with van der Waals surface area (Å²) in [6.07, 6.45) is 1.78. The van der Waals surface area contributed by atoms with Crippen LogP contribution in [0.1, 0.15) is 55.7 Å². The van der Waals surface area contributed by atoms with Crippen LogP contribution in [0.25, 0.3) is 0 Å². The molecule has 3 heterocycles. The van der Waals surface area contributed by atoms with Gasteiger partial charge in [0.25, 0.3) is 0 Å². The first-order valence-electron chi connectivity index (χ1n) is 11.0. The lowest BCUT2D eigenvalue weighted by molar-refractivity contribution is 0.148. The Bertz CT molecular complexity index is 1070. The molecule has 2 atom stereocenters. The van der Waals surface area contributed by atoms with E-state index in [0.29, 0.717) is 12.2 Å². The van der Waals surface area contributed by atoms with Crippen molar-refractivity contribution >= 4 is 39.0 Å². The molecule has 9 nitrogen and oxygen atoms in total. The third-order valence-electron chi connectivity index (χ3n) is 5.44. The van der Waals surface area contributed by atoms with Crippen LogP contribution in [-0.4, -0.2) is 61.5 Å². The van der Waals surface area contributed by atoms with Gasteiger partial charge in [0, 0.05) is 42.5 Å². The summed E-state index contributed by atoms with van der Waals surface area (Å²) in [7, 11) is -0.941. The summed E-state index contributed by atoms with van der Waals surface area (Å²) in [4.78, 5) is 16.6. The largest absolute Gasteiger partial charge is 0.334 e. The first kappa shape index (κ1) is 25.4. The molecular formula is C21H33FN6O3S2. The van der Waals surface area contributed by atoms with E-state index in [2.05, 4.69) is 29.0 Å². The molecule has 1 aliphatic rings. The number of aryl methyl sites for hydroxylation is 1. The number of likely N-dealkylation sites (N-methyl/N-ethyl adjacent to an activating group) is 1. The molecular weight excluding hydrogens is 467 g/mol. The number of rotatable bonds is 7. The fourth-order valence-electron chi connectivity index (χ4n) is 4.00. The van der Waals surface area contributed by atoms with E-state index in [1.54, 1.807) is 30.3 Å². The zero-order chi connectivity index (χ0) is 24.5. The molecule has 2 amide bonds. The molecule has 0 aromatic carbocycles. The molecule has 0 spiro atoms. The molecule has 0 unspecified atom stereocenters. The highest BCUT2D eigenvalue weighted by Gasteiger charge is 2.37. The van der Waals surface area contributed by atoms with Crippen molar-refractivity contribution in [2.24, 2.45) is 7.05 Å². The average molecular weight is 501 g/mol. The number of hydrogen-bond donors (Lipinski definition) is 2. The first-order chi connectivity index (χ1) is 15.4. The van der Waals surface area contributed by atoms with Crippen LogP contribution in [0.3, 0.4) is 0 Å². The lowest BCUT2D eigenvalue weighted by Crippen LogP contribution is -2.56. The normalized spacial score (nSPS) is 19.8. The molecule has 1 fully saturated rings. The molecule has 3 rings (SSSR count). The van der Waals surface area contributed by atoms with Crippen LogP contribution in [0.4, 0.5) is 20.6 Å². The minimum Gasteiger partial charge on any atom is -0.306 e. The molecule has 12 heteroatoms. The maximum absolute atomic E-state index is 14.3. The van der Waals surface area contributed by atoms with Crippen LogP contribution in [0.2, 0.25) is 0 Å². The van der Waals surface area contributed by atoms with Gasteiger partial charge in [0.15, 0.2) is 0 Å². The summed E-state index contributed by atoms with van der Waals surface area (Å²) in [6, 6.07) is 0.340. The van der Waals surface area contributed by atoms with Gasteiger partial charge in [-0.3, -0.25) is 4.68 Å². The summed E-state index contributed by atoms with van der Waals surface area (Å²) < 4.78 is 45.7. The van der Waals surface area contributed by atoms with Crippen LogP contribution >= 0.6 is 11.3 Å². The van der Waals surface area contributed by atoms with E-state index >= 15 is 0 Å². The van der Waals surface area contributed by atoms with Crippen molar-refractivity contribution in [3.8, 4) is 0 Å². The van der Waals surface area contributed by atoms with Gasteiger partial charge in [-0.05, 0) is 24.9 Å². The van der Waals surface area contributed by atoms with E-state index in [4.69, 9.17) is 0 Å². The predicted molar refractivity (Wildman–Crippen MR) is 130 cm³/mol. The van der Waals surface area contributed by atoms with Crippen molar-refractivity contribution < 1.29 is 17.6 Å². The number of carbonyl (C=O) groups excluding carboxylic acids is 1. The van der Waals surface area contributed by atoms with Gasteiger partial charge in [0.1, 0.15) is 6.17 Å². The minimum absolute atomic E-state index is 0.0293. The number of aromatic nitrogens is 2. The number of anilines is 2. The van der Waals surface area contributed by atoms with Crippen molar-refractivity contribution in [1.29, 1.82) is 0 Å². The Balaban J connectivity index is 1.86. The monoisotopic (exact) mass is 500 g/mol. The number of alkyl halides is 1. The van der Waals surface area contributed by atoms with Gasteiger partial charge in [-0.25, -0.2) is 18.2 Å². The van der Waals surface area contributed by atoms with Gasteiger partial charge in [0.2, 0.25) is 0 Å². The quantitative estimate of drug-likeness (QED) is 0.605. The summed E-state index contributed by atoms with van der Waals surface area (Å²) in [5.74, 6) is 0.452. The van der Waals surface area contributed by atoms with Crippen LogP contribution in [-0.2, 0) is 17.3 Å². The number of likely N-dealkylation sites (tertiary alicyclic amines) is 1. The van der Waals surface area contributed by atoms with Gasteiger partial charge in [-0.1, -0.05) is 27.7 Å².